The highest BCUT2D eigenvalue weighted by Crippen LogP contribution is 2.46. The second-order valence-corrected chi connectivity index (χ2v) is 6.79. The maximum Gasteiger partial charge on any atom is 0.182 e. The zero-order chi connectivity index (χ0) is 14.7. The van der Waals surface area contributed by atoms with Crippen LogP contribution in [0.1, 0.15) is 27.2 Å². The van der Waals surface area contributed by atoms with Crippen molar-refractivity contribution >= 4 is 40.5 Å². The van der Waals surface area contributed by atoms with Crippen molar-refractivity contribution in [1.29, 1.82) is 0 Å². The van der Waals surface area contributed by atoms with Crippen molar-refractivity contribution in [2.45, 2.75) is 27.2 Å². The molecule has 0 fully saturated rings. The summed E-state index contributed by atoms with van der Waals surface area (Å²) in [5.74, 6) is 0.105. The molecule has 106 valence electrons. The van der Waals surface area contributed by atoms with E-state index in [1.54, 1.807) is 6.07 Å². The van der Waals surface area contributed by atoms with Gasteiger partial charge in [0.25, 0.3) is 0 Å². The number of allylic oxidation sites excluding steroid dienone is 2. The molecule has 1 aliphatic rings. The highest BCUT2D eigenvalue weighted by atomic mass is 35.5. The van der Waals surface area contributed by atoms with Crippen LogP contribution in [0.5, 0.6) is 0 Å². The Morgan fingerprint density at radius 1 is 1.45 bits per heavy atom. The normalized spacial score (nSPS) is 21.4. The summed E-state index contributed by atoms with van der Waals surface area (Å²) in [5.41, 5.74) is 2.63. The van der Waals surface area contributed by atoms with Gasteiger partial charge in [0.15, 0.2) is 4.77 Å². The van der Waals surface area contributed by atoms with Crippen molar-refractivity contribution in [1.82, 2.24) is 9.55 Å². The van der Waals surface area contributed by atoms with Crippen molar-refractivity contribution in [3.8, 4) is 0 Å². The van der Waals surface area contributed by atoms with E-state index in [0.29, 0.717) is 10.7 Å². The number of halogens is 2. The number of rotatable bonds is 1. The van der Waals surface area contributed by atoms with Gasteiger partial charge in [0.1, 0.15) is 5.82 Å². The molecule has 0 saturated heterocycles. The summed E-state index contributed by atoms with van der Waals surface area (Å²) in [7, 11) is 0. The molecule has 3 rings (SSSR count). The molecule has 5 heteroatoms. The van der Waals surface area contributed by atoms with Crippen LogP contribution >= 0.6 is 23.8 Å². The number of aromatic amines is 1. The summed E-state index contributed by atoms with van der Waals surface area (Å²) in [5, 5.41) is 0.105. The van der Waals surface area contributed by atoms with Gasteiger partial charge in [0, 0.05) is 17.2 Å². The molecule has 0 saturated carbocycles. The monoisotopic (exact) mass is 310 g/mol. The summed E-state index contributed by atoms with van der Waals surface area (Å²) < 4.78 is 16.3. The fourth-order valence-electron chi connectivity index (χ4n) is 2.82. The van der Waals surface area contributed by atoms with Crippen LogP contribution < -0.4 is 0 Å². The maximum absolute atomic E-state index is 13.8. The van der Waals surface area contributed by atoms with Gasteiger partial charge < -0.3 is 4.98 Å². The van der Waals surface area contributed by atoms with Gasteiger partial charge in [-0.25, -0.2) is 4.39 Å². The van der Waals surface area contributed by atoms with Crippen LogP contribution in [0.3, 0.4) is 0 Å². The molecule has 20 heavy (non-hydrogen) atoms. The lowest BCUT2D eigenvalue weighted by Gasteiger charge is -2.29. The Bertz CT molecular complexity index is 785. The van der Waals surface area contributed by atoms with Crippen LogP contribution in [0.15, 0.2) is 18.2 Å². The third kappa shape index (κ3) is 1.85. The molecule has 1 unspecified atom stereocenters. The van der Waals surface area contributed by atoms with Gasteiger partial charge in [-0.1, -0.05) is 38.4 Å². The lowest BCUT2D eigenvalue weighted by atomic mass is 9.81. The summed E-state index contributed by atoms with van der Waals surface area (Å²) in [6.45, 7) is 6.62. The number of H-pyrrole nitrogens is 1. The molecule has 0 bridgehead atoms. The molecule has 1 N–H and O–H groups in total. The van der Waals surface area contributed by atoms with Gasteiger partial charge in [-0.3, -0.25) is 4.57 Å². The first-order valence-corrected chi connectivity index (χ1v) is 7.42. The minimum Gasteiger partial charge on any atom is -0.330 e. The molecular weight excluding hydrogens is 295 g/mol. The van der Waals surface area contributed by atoms with E-state index in [4.69, 9.17) is 23.8 Å². The third-order valence-corrected chi connectivity index (χ3v) is 5.10. The molecule has 1 aromatic carbocycles. The Labute approximate surface area is 127 Å². The van der Waals surface area contributed by atoms with Crippen molar-refractivity contribution in [3.63, 3.8) is 0 Å². The second-order valence-electron chi connectivity index (χ2n) is 6.00. The molecular formula is C15H16ClFN2S. The highest BCUT2D eigenvalue weighted by molar-refractivity contribution is 7.71. The molecule has 2 nitrogen and oxygen atoms in total. The lowest BCUT2D eigenvalue weighted by Crippen LogP contribution is -2.21. The second kappa shape index (κ2) is 4.43. The Balaban J connectivity index is 2.30. The minimum atomic E-state index is -0.425. The first kappa shape index (κ1) is 13.8. The van der Waals surface area contributed by atoms with E-state index in [1.165, 1.54) is 6.07 Å². The zero-order valence-corrected chi connectivity index (χ0v) is 13.2. The number of aromatic nitrogens is 2. The van der Waals surface area contributed by atoms with E-state index in [-0.39, 0.29) is 10.4 Å². The predicted octanol–water partition coefficient (Wildman–Crippen LogP) is 5.40. The van der Waals surface area contributed by atoms with Crippen LogP contribution in [0.25, 0.3) is 16.7 Å². The summed E-state index contributed by atoms with van der Waals surface area (Å²) >= 11 is 11.3. The molecule has 0 aliphatic heterocycles. The van der Waals surface area contributed by atoms with Gasteiger partial charge in [-0.05, 0) is 30.6 Å². The topological polar surface area (TPSA) is 20.7 Å². The van der Waals surface area contributed by atoms with Gasteiger partial charge >= 0.3 is 0 Å². The number of hydrogen-bond acceptors (Lipinski definition) is 1. The van der Waals surface area contributed by atoms with Gasteiger partial charge in [-0.15, -0.1) is 0 Å². The Hall–Kier alpha value is -1.13. The Morgan fingerprint density at radius 3 is 2.75 bits per heavy atom. The van der Waals surface area contributed by atoms with Gasteiger partial charge in [0.05, 0.1) is 16.1 Å². The molecule has 0 spiro atoms. The van der Waals surface area contributed by atoms with Crippen LogP contribution in [0.4, 0.5) is 4.39 Å². The third-order valence-electron chi connectivity index (χ3n) is 4.52. The van der Waals surface area contributed by atoms with E-state index >= 15 is 0 Å². The quantitative estimate of drug-likeness (QED) is 0.700. The van der Waals surface area contributed by atoms with Crippen LogP contribution in [0.2, 0.25) is 5.02 Å². The molecule has 1 atom stereocenters. The van der Waals surface area contributed by atoms with Gasteiger partial charge in [0.2, 0.25) is 0 Å². The summed E-state index contributed by atoms with van der Waals surface area (Å²) in [6, 6.07) is 3.04. The summed E-state index contributed by atoms with van der Waals surface area (Å²) in [6.07, 6.45) is 3.20. The minimum absolute atomic E-state index is 0.00343. The Morgan fingerprint density at radius 2 is 2.15 bits per heavy atom. The van der Waals surface area contributed by atoms with E-state index in [1.807, 2.05) is 4.57 Å². The average Bonchev–Trinajstić information content (AvgIpc) is 2.79. The Kier molecular flexibility index (Phi) is 3.07. The highest BCUT2D eigenvalue weighted by Gasteiger charge is 2.36. The fourth-order valence-corrected chi connectivity index (χ4v) is 3.29. The average molecular weight is 311 g/mol. The lowest BCUT2D eigenvalue weighted by molar-refractivity contribution is 0.338. The maximum atomic E-state index is 13.8. The molecule has 2 aromatic rings. The number of nitrogens with zero attached hydrogens (tertiary/aromatic N) is 1. The van der Waals surface area contributed by atoms with E-state index in [9.17, 15) is 4.39 Å². The largest absolute Gasteiger partial charge is 0.330 e. The SMILES string of the molecule is CC1CC=C(n2c(=S)[nH]c3cc(Cl)c(F)cc32)C1(C)C. The van der Waals surface area contributed by atoms with Crippen LogP contribution in [0, 0.1) is 21.9 Å². The van der Waals surface area contributed by atoms with Crippen molar-refractivity contribution in [3.05, 3.63) is 33.8 Å². The smallest absolute Gasteiger partial charge is 0.182 e. The van der Waals surface area contributed by atoms with Gasteiger partial charge in [-0.2, -0.15) is 0 Å². The number of imidazole rings is 1. The molecule has 1 aliphatic carbocycles. The van der Waals surface area contributed by atoms with E-state index in [2.05, 4.69) is 31.8 Å². The molecule has 0 radical (unpaired) electrons. The standard InChI is InChI=1S/C15H16ClFN2S/c1-8-4-5-13(15(8,2)3)19-12-7-10(17)9(16)6-11(12)18-14(19)20/h5-8H,4H2,1-3H3,(H,18,20). The van der Waals surface area contributed by atoms with Crippen LogP contribution in [-0.2, 0) is 0 Å². The summed E-state index contributed by atoms with van der Waals surface area (Å²) in [4.78, 5) is 3.11. The van der Waals surface area contributed by atoms with Crippen molar-refractivity contribution < 1.29 is 4.39 Å². The number of hydrogen-bond donors (Lipinski definition) is 1. The molecule has 1 heterocycles. The number of fused-ring (bicyclic) bond motifs is 1. The molecule has 1 aromatic heterocycles. The van der Waals surface area contributed by atoms with Crippen LogP contribution in [-0.4, -0.2) is 9.55 Å². The first-order chi connectivity index (χ1) is 9.32. The number of nitrogens with one attached hydrogen (secondary N) is 1. The van der Waals surface area contributed by atoms with E-state index in [0.717, 1.165) is 23.2 Å². The van der Waals surface area contributed by atoms with Crippen molar-refractivity contribution in [2.75, 3.05) is 0 Å². The first-order valence-electron chi connectivity index (χ1n) is 6.63. The molecule has 0 amide bonds. The zero-order valence-electron chi connectivity index (χ0n) is 11.6. The van der Waals surface area contributed by atoms with E-state index < -0.39 is 5.82 Å². The fraction of sp³-hybridized carbons (Fsp3) is 0.400. The number of benzene rings is 1. The van der Waals surface area contributed by atoms with Crippen molar-refractivity contribution in [2.24, 2.45) is 11.3 Å². The predicted molar refractivity (Wildman–Crippen MR) is 83.9 cm³/mol.